The number of piperidine rings is 1. The molecular formula is C19H27N3O4S2. The maximum Gasteiger partial charge on any atom is 0.266 e. The highest BCUT2D eigenvalue weighted by atomic mass is 32.2. The number of amides is 1. The fourth-order valence-electron chi connectivity index (χ4n) is 3.50. The Kier molecular flexibility index (Phi) is 6.69. The molecule has 1 aliphatic rings. The number of aryl methyl sites for hydroxylation is 1. The van der Waals surface area contributed by atoms with E-state index in [1.54, 1.807) is 0 Å². The van der Waals surface area contributed by atoms with Crippen LogP contribution in [0.1, 0.15) is 31.7 Å². The molecule has 0 bridgehead atoms. The second-order valence-corrected chi connectivity index (χ2v) is 9.98. The molecule has 0 saturated carbocycles. The summed E-state index contributed by atoms with van der Waals surface area (Å²) in [6.45, 7) is 6.08. The van der Waals surface area contributed by atoms with Crippen LogP contribution in [-0.4, -0.2) is 55.3 Å². The summed E-state index contributed by atoms with van der Waals surface area (Å²) >= 11 is 1.45. The minimum Gasteiger partial charge on any atom is -0.380 e. The standard InChI is InChI=1S/C19H27N3O4S2/c1-4-26-12-11-21-15-9-8-14(2)13-17(15)27-19(21)20-18(23)16-7-5-6-10-22(16)28(3,24)25/h8-9,13,16H,4-7,10-12H2,1-3H3. The second-order valence-electron chi connectivity index (χ2n) is 7.04. The van der Waals surface area contributed by atoms with Gasteiger partial charge >= 0.3 is 0 Å². The first-order valence-corrected chi connectivity index (χ1v) is 12.2. The lowest BCUT2D eigenvalue weighted by Gasteiger charge is -2.31. The Hall–Kier alpha value is -1.55. The zero-order chi connectivity index (χ0) is 20.3. The highest BCUT2D eigenvalue weighted by Gasteiger charge is 2.34. The van der Waals surface area contributed by atoms with Crippen molar-refractivity contribution in [1.29, 1.82) is 0 Å². The maximum atomic E-state index is 12.9. The number of ether oxygens (including phenoxy) is 1. The summed E-state index contributed by atoms with van der Waals surface area (Å²) in [5.41, 5.74) is 2.14. The minimum absolute atomic E-state index is 0.376. The molecule has 0 N–H and O–H groups in total. The quantitative estimate of drug-likeness (QED) is 0.665. The van der Waals surface area contributed by atoms with Crippen molar-refractivity contribution in [3.8, 4) is 0 Å². The van der Waals surface area contributed by atoms with Crippen LogP contribution < -0.4 is 4.80 Å². The van der Waals surface area contributed by atoms with E-state index in [4.69, 9.17) is 4.74 Å². The third-order valence-corrected chi connectivity index (χ3v) is 7.20. The second kappa shape index (κ2) is 8.86. The molecule has 154 valence electrons. The van der Waals surface area contributed by atoms with E-state index >= 15 is 0 Å². The molecule has 7 nitrogen and oxygen atoms in total. The van der Waals surface area contributed by atoms with E-state index in [-0.39, 0.29) is 0 Å². The predicted octanol–water partition coefficient (Wildman–Crippen LogP) is 2.29. The van der Waals surface area contributed by atoms with Crippen LogP contribution in [0.5, 0.6) is 0 Å². The van der Waals surface area contributed by atoms with E-state index in [0.29, 0.717) is 37.5 Å². The Bertz CT molecular complexity index is 1020. The molecular weight excluding hydrogens is 398 g/mol. The molecule has 1 amide bonds. The van der Waals surface area contributed by atoms with Crippen LogP contribution in [0.2, 0.25) is 0 Å². The van der Waals surface area contributed by atoms with E-state index in [0.717, 1.165) is 34.9 Å². The van der Waals surface area contributed by atoms with Crippen LogP contribution in [0.3, 0.4) is 0 Å². The third kappa shape index (κ3) is 4.71. The summed E-state index contributed by atoms with van der Waals surface area (Å²) in [7, 11) is -3.44. The molecule has 1 aromatic carbocycles. The number of carbonyl (C=O) groups excluding carboxylic acids is 1. The normalized spacial score (nSPS) is 19.4. The zero-order valence-electron chi connectivity index (χ0n) is 16.6. The van der Waals surface area contributed by atoms with Crippen LogP contribution in [-0.2, 0) is 26.1 Å². The molecule has 0 aliphatic carbocycles. The fourth-order valence-corrected chi connectivity index (χ4v) is 5.78. The van der Waals surface area contributed by atoms with Gasteiger partial charge in [0.1, 0.15) is 6.04 Å². The smallest absolute Gasteiger partial charge is 0.266 e. The number of sulfonamides is 1. The Balaban J connectivity index is 2.01. The first kappa shape index (κ1) is 21.2. The number of nitrogens with zero attached hydrogens (tertiary/aromatic N) is 3. The van der Waals surface area contributed by atoms with Crippen molar-refractivity contribution < 1.29 is 17.9 Å². The van der Waals surface area contributed by atoms with Gasteiger partial charge in [-0.05, 0) is 44.4 Å². The summed E-state index contributed by atoms with van der Waals surface area (Å²) < 4.78 is 34.0. The number of hydrogen-bond donors (Lipinski definition) is 0. The average molecular weight is 426 g/mol. The SMILES string of the molecule is CCOCCn1c(=NC(=O)C2CCCCN2S(C)(=O)=O)sc2cc(C)ccc21. The minimum atomic E-state index is -3.44. The summed E-state index contributed by atoms with van der Waals surface area (Å²) in [4.78, 5) is 17.9. The van der Waals surface area contributed by atoms with Gasteiger partial charge in [0.25, 0.3) is 5.91 Å². The first-order chi connectivity index (χ1) is 13.3. The van der Waals surface area contributed by atoms with Gasteiger partial charge in [-0.2, -0.15) is 9.30 Å². The average Bonchev–Trinajstić information content (AvgIpc) is 2.97. The van der Waals surface area contributed by atoms with Gasteiger partial charge in [-0.15, -0.1) is 0 Å². The van der Waals surface area contributed by atoms with E-state index in [1.807, 2.05) is 30.5 Å². The lowest BCUT2D eigenvalue weighted by molar-refractivity contribution is -0.122. The molecule has 0 spiro atoms. The molecule has 1 aromatic heterocycles. The van der Waals surface area contributed by atoms with Crippen molar-refractivity contribution in [2.24, 2.45) is 4.99 Å². The van der Waals surface area contributed by atoms with Crippen LogP contribution in [0.25, 0.3) is 10.2 Å². The molecule has 2 heterocycles. The Morgan fingerprint density at radius 2 is 2.14 bits per heavy atom. The number of rotatable bonds is 6. The van der Waals surface area contributed by atoms with Crippen LogP contribution in [0, 0.1) is 6.92 Å². The van der Waals surface area contributed by atoms with Crippen molar-refractivity contribution >= 4 is 37.5 Å². The molecule has 3 rings (SSSR count). The van der Waals surface area contributed by atoms with Gasteiger partial charge in [-0.25, -0.2) is 8.42 Å². The van der Waals surface area contributed by atoms with Crippen LogP contribution in [0.4, 0.5) is 0 Å². The van der Waals surface area contributed by atoms with E-state index < -0.39 is 22.0 Å². The lowest BCUT2D eigenvalue weighted by Crippen LogP contribution is -2.47. The topological polar surface area (TPSA) is 81.0 Å². The Morgan fingerprint density at radius 1 is 1.36 bits per heavy atom. The van der Waals surface area contributed by atoms with Crippen molar-refractivity contribution in [2.75, 3.05) is 26.0 Å². The van der Waals surface area contributed by atoms with Crippen molar-refractivity contribution in [1.82, 2.24) is 8.87 Å². The number of aromatic nitrogens is 1. The Morgan fingerprint density at radius 3 is 2.86 bits per heavy atom. The molecule has 9 heteroatoms. The highest BCUT2D eigenvalue weighted by Crippen LogP contribution is 2.22. The summed E-state index contributed by atoms with van der Waals surface area (Å²) in [5.74, 6) is -0.390. The van der Waals surface area contributed by atoms with Crippen molar-refractivity contribution in [3.05, 3.63) is 28.6 Å². The number of carbonyl (C=O) groups is 1. The number of hydrogen-bond acceptors (Lipinski definition) is 5. The monoisotopic (exact) mass is 425 g/mol. The number of thiazole rings is 1. The van der Waals surface area contributed by atoms with Crippen molar-refractivity contribution in [2.45, 2.75) is 45.7 Å². The van der Waals surface area contributed by atoms with E-state index in [2.05, 4.69) is 11.1 Å². The number of fused-ring (bicyclic) bond motifs is 1. The fraction of sp³-hybridized carbons (Fsp3) is 0.579. The third-order valence-electron chi connectivity index (χ3n) is 4.87. The summed E-state index contributed by atoms with van der Waals surface area (Å²) in [6.07, 6.45) is 3.27. The maximum absolute atomic E-state index is 12.9. The van der Waals surface area contributed by atoms with Gasteiger partial charge in [0, 0.05) is 19.7 Å². The first-order valence-electron chi connectivity index (χ1n) is 9.54. The van der Waals surface area contributed by atoms with Gasteiger partial charge in [0.2, 0.25) is 10.0 Å². The largest absolute Gasteiger partial charge is 0.380 e. The van der Waals surface area contributed by atoms with Crippen LogP contribution >= 0.6 is 11.3 Å². The Labute approximate surface area is 169 Å². The molecule has 2 aromatic rings. The summed E-state index contributed by atoms with van der Waals surface area (Å²) in [6, 6.07) is 5.42. The van der Waals surface area contributed by atoms with Gasteiger partial charge in [0.05, 0.1) is 23.1 Å². The summed E-state index contributed by atoms with van der Waals surface area (Å²) in [5, 5.41) is 0. The molecule has 1 unspecified atom stereocenters. The zero-order valence-corrected chi connectivity index (χ0v) is 18.2. The molecule has 1 aliphatic heterocycles. The van der Waals surface area contributed by atoms with E-state index in [9.17, 15) is 13.2 Å². The molecule has 1 atom stereocenters. The lowest BCUT2D eigenvalue weighted by atomic mass is 10.0. The van der Waals surface area contributed by atoms with Gasteiger partial charge in [-0.1, -0.05) is 23.8 Å². The van der Waals surface area contributed by atoms with Crippen LogP contribution in [0.15, 0.2) is 23.2 Å². The molecule has 0 radical (unpaired) electrons. The highest BCUT2D eigenvalue weighted by molar-refractivity contribution is 7.88. The molecule has 28 heavy (non-hydrogen) atoms. The molecule has 1 saturated heterocycles. The van der Waals surface area contributed by atoms with Crippen molar-refractivity contribution in [3.63, 3.8) is 0 Å². The van der Waals surface area contributed by atoms with Gasteiger partial charge < -0.3 is 9.30 Å². The number of benzene rings is 1. The predicted molar refractivity (Wildman–Crippen MR) is 111 cm³/mol. The molecule has 1 fully saturated rings. The van der Waals surface area contributed by atoms with Gasteiger partial charge in [0.15, 0.2) is 4.80 Å². The van der Waals surface area contributed by atoms with E-state index in [1.165, 1.54) is 15.6 Å². The van der Waals surface area contributed by atoms with Gasteiger partial charge in [-0.3, -0.25) is 4.79 Å².